The van der Waals surface area contributed by atoms with Crippen LogP contribution in [-0.2, 0) is 6.54 Å². The highest BCUT2D eigenvalue weighted by molar-refractivity contribution is 9.10. The molecule has 0 N–H and O–H groups in total. The van der Waals surface area contributed by atoms with Crippen molar-refractivity contribution in [2.24, 2.45) is 4.99 Å². The van der Waals surface area contributed by atoms with Crippen LogP contribution >= 0.6 is 15.9 Å². The number of methoxy groups -OCH3 is 1. The molecule has 0 aliphatic heterocycles. The Kier molecular flexibility index (Phi) is 4.93. The number of hydrogen-bond donors (Lipinski definition) is 0. The van der Waals surface area contributed by atoms with Crippen LogP contribution in [0.2, 0.25) is 0 Å². The SMILES string of the molecule is COc1ccc(CN=Cc2cccn2-c2ccc(Br)cc2)cc1. The Labute approximate surface area is 144 Å². The zero-order valence-electron chi connectivity index (χ0n) is 12.8. The molecule has 0 unspecified atom stereocenters. The van der Waals surface area contributed by atoms with Gasteiger partial charge >= 0.3 is 0 Å². The molecule has 0 saturated carbocycles. The van der Waals surface area contributed by atoms with Crippen molar-refractivity contribution in [1.29, 1.82) is 0 Å². The lowest BCUT2D eigenvalue weighted by molar-refractivity contribution is 0.414. The largest absolute Gasteiger partial charge is 0.497 e. The number of ether oxygens (including phenoxy) is 1. The summed E-state index contributed by atoms with van der Waals surface area (Å²) in [6, 6.07) is 20.3. The van der Waals surface area contributed by atoms with Crippen molar-refractivity contribution in [3.8, 4) is 11.4 Å². The molecule has 0 saturated heterocycles. The Balaban J connectivity index is 1.73. The maximum absolute atomic E-state index is 5.16. The van der Waals surface area contributed by atoms with Gasteiger partial charge in [-0.3, -0.25) is 4.99 Å². The summed E-state index contributed by atoms with van der Waals surface area (Å²) < 4.78 is 8.35. The van der Waals surface area contributed by atoms with E-state index in [1.807, 2.05) is 54.9 Å². The number of benzene rings is 2. The summed E-state index contributed by atoms with van der Waals surface area (Å²) in [4.78, 5) is 4.55. The van der Waals surface area contributed by atoms with Gasteiger partial charge in [0.1, 0.15) is 5.75 Å². The third-order valence-corrected chi connectivity index (χ3v) is 4.07. The molecular formula is C19H17BrN2O. The van der Waals surface area contributed by atoms with Crippen LogP contribution in [0.15, 0.2) is 76.3 Å². The second kappa shape index (κ2) is 7.29. The van der Waals surface area contributed by atoms with Gasteiger partial charge in [0.25, 0.3) is 0 Å². The first-order valence-electron chi connectivity index (χ1n) is 7.32. The molecule has 1 aromatic heterocycles. The lowest BCUT2D eigenvalue weighted by atomic mass is 10.2. The van der Waals surface area contributed by atoms with Gasteiger partial charge in [-0.25, -0.2) is 0 Å². The Morgan fingerprint density at radius 1 is 1.04 bits per heavy atom. The molecule has 0 fully saturated rings. The summed E-state index contributed by atoms with van der Waals surface area (Å²) in [6.45, 7) is 0.648. The molecule has 1 heterocycles. The van der Waals surface area contributed by atoms with E-state index in [0.29, 0.717) is 6.54 Å². The normalized spacial score (nSPS) is 11.0. The van der Waals surface area contributed by atoms with Gasteiger partial charge in [0.2, 0.25) is 0 Å². The van der Waals surface area contributed by atoms with Gasteiger partial charge in [-0.05, 0) is 54.1 Å². The minimum Gasteiger partial charge on any atom is -0.497 e. The Bertz CT molecular complexity index is 789. The van der Waals surface area contributed by atoms with Crippen molar-refractivity contribution in [3.63, 3.8) is 0 Å². The maximum Gasteiger partial charge on any atom is 0.118 e. The van der Waals surface area contributed by atoms with Gasteiger partial charge in [-0.2, -0.15) is 0 Å². The topological polar surface area (TPSA) is 26.5 Å². The molecule has 0 spiro atoms. The molecule has 0 atom stereocenters. The van der Waals surface area contributed by atoms with E-state index in [2.05, 4.69) is 43.7 Å². The van der Waals surface area contributed by atoms with Crippen molar-refractivity contribution < 1.29 is 4.74 Å². The van der Waals surface area contributed by atoms with Gasteiger partial charge < -0.3 is 9.30 Å². The standard InChI is InChI=1S/C19H17BrN2O/c1-23-19-10-4-15(5-11-19)13-21-14-18-3-2-12-22(18)17-8-6-16(20)7-9-17/h2-12,14H,13H2,1H3. The number of rotatable bonds is 5. The molecule has 0 amide bonds. The number of halogens is 1. The average molecular weight is 369 g/mol. The van der Waals surface area contributed by atoms with Crippen molar-refractivity contribution in [3.05, 3.63) is 82.6 Å². The highest BCUT2D eigenvalue weighted by atomic mass is 79.9. The van der Waals surface area contributed by atoms with Gasteiger partial charge in [0, 0.05) is 22.6 Å². The number of aromatic nitrogens is 1. The molecule has 0 aliphatic carbocycles. The highest BCUT2D eigenvalue weighted by Gasteiger charge is 2.01. The van der Waals surface area contributed by atoms with Gasteiger partial charge in [0.15, 0.2) is 0 Å². The van der Waals surface area contributed by atoms with E-state index < -0.39 is 0 Å². The smallest absolute Gasteiger partial charge is 0.118 e. The summed E-state index contributed by atoms with van der Waals surface area (Å²) >= 11 is 3.46. The lowest BCUT2D eigenvalue weighted by Gasteiger charge is -2.06. The van der Waals surface area contributed by atoms with Crippen LogP contribution in [-0.4, -0.2) is 17.9 Å². The van der Waals surface area contributed by atoms with Crippen LogP contribution in [0.1, 0.15) is 11.3 Å². The van der Waals surface area contributed by atoms with E-state index in [1.54, 1.807) is 7.11 Å². The number of aliphatic imine (C=N–C) groups is 1. The van der Waals surface area contributed by atoms with Crippen molar-refractivity contribution >= 4 is 22.1 Å². The summed E-state index contributed by atoms with van der Waals surface area (Å²) in [5.41, 5.74) is 3.33. The maximum atomic E-state index is 5.16. The molecular weight excluding hydrogens is 352 g/mol. The first-order chi connectivity index (χ1) is 11.3. The molecule has 3 rings (SSSR count). The van der Waals surface area contributed by atoms with Gasteiger partial charge in [-0.15, -0.1) is 0 Å². The molecule has 4 heteroatoms. The second-order valence-corrected chi connectivity index (χ2v) is 6.01. The van der Waals surface area contributed by atoms with Crippen LogP contribution in [0.4, 0.5) is 0 Å². The van der Waals surface area contributed by atoms with Crippen LogP contribution in [0.5, 0.6) is 5.75 Å². The predicted molar refractivity (Wildman–Crippen MR) is 97.8 cm³/mol. The van der Waals surface area contributed by atoms with Crippen molar-refractivity contribution in [2.75, 3.05) is 7.11 Å². The molecule has 0 aliphatic rings. The minimum atomic E-state index is 0.648. The van der Waals surface area contributed by atoms with E-state index in [4.69, 9.17) is 4.74 Å². The average Bonchev–Trinajstić information content (AvgIpc) is 3.05. The van der Waals surface area contributed by atoms with E-state index in [9.17, 15) is 0 Å². The molecule has 3 aromatic rings. The Morgan fingerprint density at radius 3 is 2.48 bits per heavy atom. The fraction of sp³-hybridized carbons (Fsp3) is 0.105. The van der Waals surface area contributed by atoms with E-state index in [0.717, 1.165) is 27.2 Å². The zero-order chi connectivity index (χ0) is 16.1. The summed E-state index contributed by atoms with van der Waals surface area (Å²) in [5, 5.41) is 0. The Hall–Kier alpha value is -2.33. The van der Waals surface area contributed by atoms with Crippen LogP contribution in [0.3, 0.4) is 0 Å². The van der Waals surface area contributed by atoms with E-state index in [1.165, 1.54) is 0 Å². The summed E-state index contributed by atoms with van der Waals surface area (Å²) in [5.74, 6) is 0.863. The monoisotopic (exact) mass is 368 g/mol. The third-order valence-electron chi connectivity index (χ3n) is 3.54. The zero-order valence-corrected chi connectivity index (χ0v) is 14.4. The molecule has 23 heavy (non-hydrogen) atoms. The van der Waals surface area contributed by atoms with Gasteiger partial charge in [0.05, 0.1) is 19.3 Å². The lowest BCUT2D eigenvalue weighted by Crippen LogP contribution is -1.97. The number of nitrogens with zero attached hydrogens (tertiary/aromatic N) is 2. The van der Waals surface area contributed by atoms with Crippen molar-refractivity contribution in [1.82, 2.24) is 4.57 Å². The quantitative estimate of drug-likeness (QED) is 0.590. The fourth-order valence-corrected chi connectivity index (χ4v) is 2.58. The van der Waals surface area contributed by atoms with E-state index in [-0.39, 0.29) is 0 Å². The first kappa shape index (κ1) is 15.6. The molecule has 0 radical (unpaired) electrons. The first-order valence-corrected chi connectivity index (χ1v) is 8.11. The van der Waals surface area contributed by atoms with Crippen LogP contribution < -0.4 is 4.74 Å². The third kappa shape index (κ3) is 3.90. The predicted octanol–water partition coefficient (Wildman–Crippen LogP) is 4.87. The molecule has 0 bridgehead atoms. The molecule has 116 valence electrons. The molecule has 3 nitrogen and oxygen atoms in total. The Morgan fingerprint density at radius 2 is 1.78 bits per heavy atom. The van der Waals surface area contributed by atoms with Gasteiger partial charge in [-0.1, -0.05) is 28.1 Å². The summed E-state index contributed by atoms with van der Waals surface area (Å²) in [6.07, 6.45) is 3.95. The summed E-state index contributed by atoms with van der Waals surface area (Å²) in [7, 11) is 1.67. The minimum absolute atomic E-state index is 0.648. The second-order valence-electron chi connectivity index (χ2n) is 5.10. The van der Waals surface area contributed by atoms with Crippen LogP contribution in [0, 0.1) is 0 Å². The fourth-order valence-electron chi connectivity index (χ4n) is 2.31. The van der Waals surface area contributed by atoms with Crippen LogP contribution in [0.25, 0.3) is 5.69 Å². The highest BCUT2D eigenvalue weighted by Crippen LogP contribution is 2.16. The number of hydrogen-bond acceptors (Lipinski definition) is 2. The van der Waals surface area contributed by atoms with Crippen molar-refractivity contribution in [2.45, 2.75) is 6.54 Å². The molecule has 2 aromatic carbocycles. The van der Waals surface area contributed by atoms with E-state index >= 15 is 0 Å².